The molecule has 134 valence electrons. The van der Waals surface area contributed by atoms with Crippen LogP contribution in [0.4, 0.5) is 23.3 Å². The highest BCUT2D eigenvalue weighted by Gasteiger charge is 2.29. The van der Waals surface area contributed by atoms with E-state index in [4.69, 9.17) is 0 Å². The van der Waals surface area contributed by atoms with Crippen LogP contribution in [0.3, 0.4) is 0 Å². The monoisotopic (exact) mass is 358 g/mol. The molecule has 0 bridgehead atoms. The van der Waals surface area contributed by atoms with E-state index in [1.54, 1.807) is 6.20 Å². The Kier molecular flexibility index (Phi) is 3.60. The summed E-state index contributed by atoms with van der Waals surface area (Å²) in [6, 6.07) is 10.1. The number of nitrogens with zero attached hydrogens (tertiary/aromatic N) is 4. The van der Waals surface area contributed by atoms with Gasteiger partial charge in [-0.2, -0.15) is 15.1 Å². The number of fused-ring (bicyclic) bond motifs is 2. The lowest BCUT2D eigenvalue weighted by atomic mass is 9.95. The van der Waals surface area contributed by atoms with Crippen molar-refractivity contribution in [3.63, 3.8) is 0 Å². The number of rotatable bonds is 4. The van der Waals surface area contributed by atoms with Crippen molar-refractivity contribution in [1.29, 1.82) is 0 Å². The fourth-order valence-corrected chi connectivity index (χ4v) is 3.51. The van der Waals surface area contributed by atoms with E-state index >= 15 is 0 Å². The summed E-state index contributed by atoms with van der Waals surface area (Å²) in [4.78, 5) is 13.5. The molecule has 8 nitrogen and oxygen atoms in total. The first-order chi connectivity index (χ1) is 13.3. The third-order valence-electron chi connectivity index (χ3n) is 4.81. The van der Waals surface area contributed by atoms with Gasteiger partial charge in [0.1, 0.15) is 11.6 Å². The number of nitrogens with one attached hydrogen (secondary N) is 4. The van der Waals surface area contributed by atoms with E-state index in [0.29, 0.717) is 5.95 Å². The van der Waals surface area contributed by atoms with E-state index in [1.165, 1.54) is 5.56 Å². The SMILES string of the molecule is CNc1nc(Nc2ccc3cn[nH]c3c2)nc2c1C(c1ccncc1)CN2. The van der Waals surface area contributed by atoms with Crippen LogP contribution in [-0.4, -0.2) is 38.7 Å². The molecule has 1 unspecified atom stereocenters. The summed E-state index contributed by atoms with van der Waals surface area (Å²) < 4.78 is 0. The number of anilines is 4. The Morgan fingerprint density at radius 3 is 2.85 bits per heavy atom. The number of aromatic amines is 1. The first kappa shape index (κ1) is 15.6. The van der Waals surface area contributed by atoms with Crippen LogP contribution >= 0.6 is 0 Å². The van der Waals surface area contributed by atoms with Gasteiger partial charge in [-0.25, -0.2) is 0 Å². The maximum atomic E-state index is 4.69. The summed E-state index contributed by atoms with van der Waals surface area (Å²) in [5.41, 5.74) is 4.14. The Balaban J connectivity index is 1.51. The minimum Gasteiger partial charge on any atom is -0.373 e. The van der Waals surface area contributed by atoms with Gasteiger partial charge in [0.05, 0.1) is 11.7 Å². The molecule has 1 aliphatic heterocycles. The van der Waals surface area contributed by atoms with Gasteiger partial charge >= 0.3 is 0 Å². The number of H-pyrrole nitrogens is 1. The van der Waals surface area contributed by atoms with Gasteiger partial charge in [-0.15, -0.1) is 0 Å². The molecule has 4 N–H and O–H groups in total. The van der Waals surface area contributed by atoms with Crippen molar-refractivity contribution in [2.75, 3.05) is 29.5 Å². The summed E-state index contributed by atoms with van der Waals surface area (Å²) in [7, 11) is 1.88. The Labute approximate surface area is 155 Å². The minimum absolute atomic E-state index is 0.195. The molecule has 0 amide bonds. The Hall–Kier alpha value is -3.68. The van der Waals surface area contributed by atoms with E-state index in [0.717, 1.165) is 40.3 Å². The summed E-state index contributed by atoms with van der Waals surface area (Å²) in [6.45, 7) is 0.784. The van der Waals surface area contributed by atoms with Crippen molar-refractivity contribution < 1.29 is 0 Å². The lowest BCUT2D eigenvalue weighted by Crippen LogP contribution is -2.07. The predicted molar refractivity (Wildman–Crippen MR) is 106 cm³/mol. The molecule has 8 heteroatoms. The minimum atomic E-state index is 0.195. The lowest BCUT2D eigenvalue weighted by molar-refractivity contribution is 0.898. The molecule has 27 heavy (non-hydrogen) atoms. The predicted octanol–water partition coefficient (Wildman–Crippen LogP) is 3.09. The Morgan fingerprint density at radius 2 is 2.00 bits per heavy atom. The van der Waals surface area contributed by atoms with Gasteiger partial charge < -0.3 is 16.0 Å². The van der Waals surface area contributed by atoms with Crippen LogP contribution in [0.5, 0.6) is 0 Å². The zero-order chi connectivity index (χ0) is 18.2. The molecule has 5 rings (SSSR count). The van der Waals surface area contributed by atoms with Gasteiger partial charge in [-0.3, -0.25) is 10.1 Å². The van der Waals surface area contributed by atoms with Crippen molar-refractivity contribution in [2.45, 2.75) is 5.92 Å². The molecule has 0 spiro atoms. The molecule has 3 aromatic heterocycles. The number of hydrogen-bond donors (Lipinski definition) is 4. The quantitative estimate of drug-likeness (QED) is 0.444. The lowest BCUT2D eigenvalue weighted by Gasteiger charge is -2.15. The van der Waals surface area contributed by atoms with Crippen LogP contribution in [0.1, 0.15) is 17.0 Å². The highest BCUT2D eigenvalue weighted by Crippen LogP contribution is 2.39. The van der Waals surface area contributed by atoms with Crippen LogP contribution in [0.2, 0.25) is 0 Å². The third kappa shape index (κ3) is 2.71. The van der Waals surface area contributed by atoms with Crippen molar-refractivity contribution >= 4 is 34.2 Å². The standard InChI is InChI=1S/C19H18N8/c1-20-17-16-14(11-4-6-21-7-5-11)10-22-18(16)26-19(25-17)24-13-3-2-12-9-23-27-15(12)8-13/h2-9,14H,10H2,1H3,(H,23,27)(H3,20,22,24,25,26). The molecule has 1 aromatic carbocycles. The Morgan fingerprint density at radius 1 is 1.11 bits per heavy atom. The molecule has 0 aliphatic carbocycles. The average Bonchev–Trinajstić information content (AvgIpc) is 3.34. The molecule has 4 heterocycles. The molecular formula is C19H18N8. The molecular weight excluding hydrogens is 340 g/mol. The van der Waals surface area contributed by atoms with Gasteiger partial charge in [0.25, 0.3) is 0 Å². The number of hydrogen-bond acceptors (Lipinski definition) is 7. The normalized spacial score (nSPS) is 15.4. The van der Waals surface area contributed by atoms with Crippen molar-refractivity contribution in [1.82, 2.24) is 25.1 Å². The molecule has 1 aliphatic rings. The van der Waals surface area contributed by atoms with Gasteiger partial charge in [0.15, 0.2) is 0 Å². The zero-order valence-corrected chi connectivity index (χ0v) is 14.7. The van der Waals surface area contributed by atoms with Crippen LogP contribution in [-0.2, 0) is 0 Å². The number of pyridine rings is 1. The van der Waals surface area contributed by atoms with E-state index in [2.05, 4.69) is 41.1 Å². The first-order valence-corrected chi connectivity index (χ1v) is 8.75. The first-order valence-electron chi connectivity index (χ1n) is 8.75. The van der Waals surface area contributed by atoms with Crippen LogP contribution in [0.15, 0.2) is 48.9 Å². The highest BCUT2D eigenvalue weighted by atomic mass is 15.2. The fraction of sp³-hybridized carbons (Fsp3) is 0.158. The maximum Gasteiger partial charge on any atom is 0.231 e. The highest BCUT2D eigenvalue weighted by molar-refractivity contribution is 5.82. The van der Waals surface area contributed by atoms with E-state index < -0.39 is 0 Å². The van der Waals surface area contributed by atoms with Gasteiger partial charge in [0, 0.05) is 48.5 Å². The summed E-state index contributed by atoms with van der Waals surface area (Å²) in [5, 5.41) is 18.0. The molecule has 0 fully saturated rings. The van der Waals surface area contributed by atoms with Crippen molar-refractivity contribution in [3.8, 4) is 0 Å². The van der Waals surface area contributed by atoms with Crippen LogP contribution in [0.25, 0.3) is 10.9 Å². The summed E-state index contributed by atoms with van der Waals surface area (Å²) >= 11 is 0. The van der Waals surface area contributed by atoms with Gasteiger partial charge in [-0.05, 0) is 35.9 Å². The molecule has 4 aromatic rings. The van der Waals surface area contributed by atoms with Gasteiger partial charge in [0.2, 0.25) is 5.95 Å². The average molecular weight is 358 g/mol. The van der Waals surface area contributed by atoms with E-state index in [-0.39, 0.29) is 5.92 Å². The van der Waals surface area contributed by atoms with Crippen LogP contribution in [0, 0.1) is 0 Å². The summed E-state index contributed by atoms with van der Waals surface area (Å²) in [5.74, 6) is 2.40. The van der Waals surface area contributed by atoms with Crippen molar-refractivity contribution in [2.24, 2.45) is 0 Å². The second-order valence-electron chi connectivity index (χ2n) is 6.42. The fourth-order valence-electron chi connectivity index (χ4n) is 3.51. The molecule has 0 saturated heterocycles. The smallest absolute Gasteiger partial charge is 0.231 e. The largest absolute Gasteiger partial charge is 0.373 e. The van der Waals surface area contributed by atoms with Crippen molar-refractivity contribution in [3.05, 3.63) is 60.0 Å². The van der Waals surface area contributed by atoms with Crippen LogP contribution < -0.4 is 16.0 Å². The van der Waals surface area contributed by atoms with Gasteiger partial charge in [-0.1, -0.05) is 0 Å². The Bertz CT molecular complexity index is 1110. The number of benzene rings is 1. The molecule has 1 atom stereocenters. The second kappa shape index (κ2) is 6.24. The maximum absolute atomic E-state index is 4.69. The third-order valence-corrected chi connectivity index (χ3v) is 4.81. The zero-order valence-electron chi connectivity index (χ0n) is 14.7. The van der Waals surface area contributed by atoms with E-state index in [1.807, 2.05) is 49.8 Å². The summed E-state index contributed by atoms with van der Waals surface area (Å²) in [6.07, 6.45) is 5.43. The molecule has 0 saturated carbocycles. The number of aromatic nitrogens is 5. The second-order valence-corrected chi connectivity index (χ2v) is 6.42. The topological polar surface area (TPSA) is 103 Å². The molecule has 0 radical (unpaired) electrons. The van der Waals surface area contributed by atoms with E-state index in [9.17, 15) is 0 Å².